The molecule has 0 aliphatic rings. The molecule has 1 amide bonds. The number of nitrogens with two attached hydrogens (primary N) is 1. The maximum atomic E-state index is 12.3. The van der Waals surface area contributed by atoms with Crippen LogP contribution in [0.4, 0.5) is 11.4 Å². The molecule has 4 heteroatoms. The van der Waals surface area contributed by atoms with Crippen molar-refractivity contribution in [3.05, 3.63) is 23.8 Å². The lowest BCUT2D eigenvalue weighted by atomic mass is 10.1. The highest BCUT2D eigenvalue weighted by Gasteiger charge is 2.14. The number of anilines is 2. The number of nitrogen functional groups attached to an aromatic ring is 1. The summed E-state index contributed by atoms with van der Waals surface area (Å²) in [6, 6.07) is 5.59. The molecule has 1 aromatic carbocycles. The summed E-state index contributed by atoms with van der Waals surface area (Å²) in [4.78, 5) is 14.5. The number of amides is 1. The molecule has 0 saturated heterocycles. The molecule has 118 valence electrons. The Labute approximate surface area is 128 Å². The molecule has 1 rings (SSSR count). The van der Waals surface area contributed by atoms with Crippen molar-refractivity contribution in [1.29, 1.82) is 0 Å². The second-order valence-corrected chi connectivity index (χ2v) is 6.55. The lowest BCUT2D eigenvalue weighted by molar-refractivity contribution is -0.117. The number of hydrogen-bond acceptors (Lipinski definition) is 3. The fraction of sp³-hybridized carbons (Fsp3) is 0.588. The van der Waals surface area contributed by atoms with Crippen LogP contribution in [0.2, 0.25) is 0 Å². The molecule has 0 radical (unpaired) electrons. The maximum Gasteiger partial charge on any atom is 0.238 e. The van der Waals surface area contributed by atoms with Gasteiger partial charge in [-0.25, -0.2) is 0 Å². The van der Waals surface area contributed by atoms with Crippen LogP contribution in [-0.4, -0.2) is 30.4 Å². The van der Waals surface area contributed by atoms with Gasteiger partial charge in [0, 0.05) is 24.5 Å². The molecule has 0 spiro atoms. The largest absolute Gasteiger partial charge is 0.398 e. The van der Waals surface area contributed by atoms with Gasteiger partial charge in [0.05, 0.1) is 6.54 Å². The van der Waals surface area contributed by atoms with Crippen molar-refractivity contribution in [3.63, 3.8) is 0 Å². The number of carbonyl (C=O) groups excluding carboxylic acids is 1. The molecular formula is C17H29N3O. The zero-order valence-electron chi connectivity index (χ0n) is 13.9. The van der Waals surface area contributed by atoms with E-state index in [1.807, 2.05) is 25.1 Å². The average Bonchev–Trinajstić information content (AvgIpc) is 2.33. The van der Waals surface area contributed by atoms with E-state index < -0.39 is 0 Å². The highest BCUT2D eigenvalue weighted by Crippen LogP contribution is 2.20. The van der Waals surface area contributed by atoms with Crippen LogP contribution in [0.25, 0.3) is 0 Å². The van der Waals surface area contributed by atoms with E-state index in [-0.39, 0.29) is 5.91 Å². The molecule has 0 bridgehead atoms. The number of carbonyl (C=O) groups is 1. The minimum atomic E-state index is 0.0185. The van der Waals surface area contributed by atoms with E-state index in [1.54, 1.807) is 0 Å². The fourth-order valence-corrected chi connectivity index (χ4v) is 2.42. The third-order valence-corrected chi connectivity index (χ3v) is 3.26. The first-order valence-electron chi connectivity index (χ1n) is 7.66. The van der Waals surface area contributed by atoms with Crippen LogP contribution >= 0.6 is 0 Å². The van der Waals surface area contributed by atoms with Gasteiger partial charge in [-0.2, -0.15) is 0 Å². The zero-order chi connectivity index (χ0) is 16.0. The quantitative estimate of drug-likeness (QED) is 0.759. The molecule has 0 aromatic heterocycles. The van der Waals surface area contributed by atoms with E-state index in [4.69, 9.17) is 5.73 Å². The molecule has 4 nitrogen and oxygen atoms in total. The lowest BCUT2D eigenvalue weighted by Gasteiger charge is -2.25. The highest BCUT2D eigenvalue weighted by molar-refractivity contribution is 5.93. The summed E-state index contributed by atoms with van der Waals surface area (Å²) < 4.78 is 0. The van der Waals surface area contributed by atoms with Gasteiger partial charge in [0.15, 0.2) is 0 Å². The summed E-state index contributed by atoms with van der Waals surface area (Å²) in [6.07, 6.45) is 0. The number of hydrogen-bond donors (Lipinski definition) is 2. The first kappa shape index (κ1) is 17.5. The van der Waals surface area contributed by atoms with Crippen molar-refractivity contribution in [2.75, 3.05) is 30.7 Å². The Morgan fingerprint density at radius 3 is 2.29 bits per heavy atom. The Kier molecular flexibility index (Phi) is 6.69. The SMILES string of the molecule is Cc1c(N)cccc1NC(=O)CN(CC(C)C)CC(C)C. The van der Waals surface area contributed by atoms with Gasteiger partial charge in [-0.15, -0.1) is 0 Å². The molecule has 0 aliphatic heterocycles. The minimum Gasteiger partial charge on any atom is -0.398 e. The summed E-state index contributed by atoms with van der Waals surface area (Å²) in [5.74, 6) is 1.11. The van der Waals surface area contributed by atoms with E-state index in [0.717, 1.165) is 24.3 Å². The van der Waals surface area contributed by atoms with Gasteiger partial charge in [-0.1, -0.05) is 33.8 Å². The molecule has 0 aliphatic carbocycles. The standard InChI is InChI=1S/C17H29N3O/c1-12(2)9-20(10-13(3)4)11-17(21)19-16-8-6-7-15(18)14(16)5/h6-8,12-13H,9-11,18H2,1-5H3,(H,19,21). The Bertz CT molecular complexity index is 459. The monoisotopic (exact) mass is 291 g/mol. The minimum absolute atomic E-state index is 0.0185. The van der Waals surface area contributed by atoms with E-state index in [1.165, 1.54) is 0 Å². The second kappa shape index (κ2) is 8.03. The summed E-state index contributed by atoms with van der Waals surface area (Å²) in [5, 5.41) is 2.97. The van der Waals surface area contributed by atoms with Crippen molar-refractivity contribution in [1.82, 2.24) is 4.90 Å². The normalized spacial score (nSPS) is 11.4. The molecule has 0 heterocycles. The number of nitrogens with one attached hydrogen (secondary N) is 1. The van der Waals surface area contributed by atoms with Crippen LogP contribution in [-0.2, 0) is 4.79 Å². The van der Waals surface area contributed by atoms with Crippen LogP contribution in [0.1, 0.15) is 33.3 Å². The van der Waals surface area contributed by atoms with Gasteiger partial charge in [-0.3, -0.25) is 9.69 Å². The first-order valence-corrected chi connectivity index (χ1v) is 7.66. The Balaban J connectivity index is 2.66. The number of benzene rings is 1. The predicted octanol–water partition coefficient (Wildman–Crippen LogP) is 3.13. The van der Waals surface area contributed by atoms with Gasteiger partial charge in [0.25, 0.3) is 0 Å². The molecular weight excluding hydrogens is 262 g/mol. The lowest BCUT2D eigenvalue weighted by Crippen LogP contribution is -2.38. The van der Waals surface area contributed by atoms with E-state index >= 15 is 0 Å². The summed E-state index contributed by atoms with van der Waals surface area (Å²) in [6.45, 7) is 12.9. The fourth-order valence-electron chi connectivity index (χ4n) is 2.42. The Hall–Kier alpha value is -1.55. The van der Waals surface area contributed by atoms with Crippen molar-refractivity contribution in [2.24, 2.45) is 11.8 Å². The average molecular weight is 291 g/mol. The van der Waals surface area contributed by atoms with E-state index in [2.05, 4.69) is 37.9 Å². The topological polar surface area (TPSA) is 58.4 Å². The third kappa shape index (κ3) is 6.17. The number of rotatable bonds is 7. The summed E-state index contributed by atoms with van der Waals surface area (Å²) in [7, 11) is 0. The van der Waals surface area contributed by atoms with Crippen molar-refractivity contribution in [3.8, 4) is 0 Å². The highest BCUT2D eigenvalue weighted by atomic mass is 16.2. The summed E-state index contributed by atoms with van der Waals surface area (Å²) >= 11 is 0. The molecule has 0 saturated carbocycles. The van der Waals surface area contributed by atoms with Crippen molar-refractivity contribution in [2.45, 2.75) is 34.6 Å². The van der Waals surface area contributed by atoms with Gasteiger partial charge in [-0.05, 0) is 36.5 Å². The van der Waals surface area contributed by atoms with Crippen LogP contribution in [0.3, 0.4) is 0 Å². The van der Waals surface area contributed by atoms with Gasteiger partial charge >= 0.3 is 0 Å². The van der Waals surface area contributed by atoms with Crippen molar-refractivity contribution < 1.29 is 4.79 Å². The number of nitrogens with zero attached hydrogens (tertiary/aromatic N) is 1. The van der Waals surface area contributed by atoms with Gasteiger partial charge in [0.2, 0.25) is 5.91 Å². The zero-order valence-corrected chi connectivity index (χ0v) is 13.9. The second-order valence-electron chi connectivity index (χ2n) is 6.55. The molecule has 21 heavy (non-hydrogen) atoms. The first-order chi connectivity index (χ1) is 9.79. The van der Waals surface area contributed by atoms with E-state index in [9.17, 15) is 4.79 Å². The van der Waals surface area contributed by atoms with Gasteiger partial charge in [0.1, 0.15) is 0 Å². The molecule has 1 aromatic rings. The molecule has 0 fully saturated rings. The Morgan fingerprint density at radius 2 is 1.76 bits per heavy atom. The molecule has 0 unspecified atom stereocenters. The van der Waals surface area contributed by atoms with Crippen LogP contribution < -0.4 is 11.1 Å². The molecule has 3 N–H and O–H groups in total. The smallest absolute Gasteiger partial charge is 0.238 e. The third-order valence-electron chi connectivity index (χ3n) is 3.26. The van der Waals surface area contributed by atoms with Crippen LogP contribution in [0, 0.1) is 18.8 Å². The van der Waals surface area contributed by atoms with Gasteiger partial charge < -0.3 is 11.1 Å². The molecule has 0 atom stereocenters. The maximum absolute atomic E-state index is 12.3. The van der Waals surface area contributed by atoms with Crippen LogP contribution in [0.15, 0.2) is 18.2 Å². The van der Waals surface area contributed by atoms with Crippen molar-refractivity contribution >= 4 is 17.3 Å². The van der Waals surface area contributed by atoms with Crippen LogP contribution in [0.5, 0.6) is 0 Å². The summed E-state index contributed by atoms with van der Waals surface area (Å²) in [5.41, 5.74) is 8.29. The Morgan fingerprint density at radius 1 is 1.19 bits per heavy atom. The van der Waals surface area contributed by atoms with E-state index in [0.29, 0.717) is 24.1 Å². The predicted molar refractivity (Wildman–Crippen MR) is 90.3 cm³/mol.